The Morgan fingerprint density at radius 2 is 2.00 bits per heavy atom. The van der Waals surface area contributed by atoms with E-state index in [1.54, 1.807) is 16.7 Å². The molecular formula is C20H29N. The summed E-state index contributed by atoms with van der Waals surface area (Å²) < 4.78 is 2.49. The third kappa shape index (κ3) is 2.22. The van der Waals surface area contributed by atoms with Crippen LogP contribution in [0.2, 0.25) is 0 Å². The monoisotopic (exact) mass is 283 g/mol. The molecule has 1 nitrogen and oxygen atoms in total. The third-order valence-corrected chi connectivity index (χ3v) is 5.39. The minimum Gasteiger partial charge on any atom is -0.347 e. The molecule has 0 N–H and O–H groups in total. The van der Waals surface area contributed by atoms with E-state index in [4.69, 9.17) is 0 Å². The van der Waals surface area contributed by atoms with Crippen molar-refractivity contribution in [1.82, 2.24) is 4.57 Å². The van der Waals surface area contributed by atoms with Gasteiger partial charge in [-0.2, -0.15) is 0 Å². The lowest BCUT2D eigenvalue weighted by molar-refractivity contribution is 0.655. The Morgan fingerprint density at radius 1 is 1.24 bits per heavy atom. The Balaban J connectivity index is 2.31. The first-order chi connectivity index (χ1) is 10.1. The zero-order chi connectivity index (χ0) is 15.1. The summed E-state index contributed by atoms with van der Waals surface area (Å²) in [6.07, 6.45) is 6.31. The minimum absolute atomic E-state index is 0.604. The fourth-order valence-electron chi connectivity index (χ4n) is 4.21. The second-order valence-corrected chi connectivity index (χ2v) is 7.04. The summed E-state index contributed by atoms with van der Waals surface area (Å²) in [5.41, 5.74) is 7.89. The number of aryl methyl sites for hydroxylation is 3. The Bertz CT molecular complexity index is 660. The summed E-state index contributed by atoms with van der Waals surface area (Å²) in [5.74, 6) is 1.39. The van der Waals surface area contributed by atoms with Gasteiger partial charge in [-0.1, -0.05) is 40.2 Å². The van der Waals surface area contributed by atoms with Gasteiger partial charge in [0.05, 0.1) is 5.52 Å². The first-order valence-electron chi connectivity index (χ1n) is 8.72. The number of rotatable bonds is 4. The second kappa shape index (κ2) is 5.51. The lowest BCUT2D eigenvalue weighted by atomic mass is 9.90. The van der Waals surface area contributed by atoms with Gasteiger partial charge in [-0.3, -0.25) is 0 Å². The predicted molar refractivity (Wildman–Crippen MR) is 92.4 cm³/mol. The Hall–Kier alpha value is -1.24. The van der Waals surface area contributed by atoms with Crippen molar-refractivity contribution in [3.63, 3.8) is 0 Å². The van der Waals surface area contributed by atoms with Crippen LogP contribution in [0.1, 0.15) is 81.2 Å². The maximum Gasteiger partial charge on any atom is 0.0518 e. The highest BCUT2D eigenvalue weighted by Gasteiger charge is 2.27. The van der Waals surface area contributed by atoms with Crippen LogP contribution in [0.25, 0.3) is 10.9 Å². The number of nitrogens with zero attached hydrogens (tertiary/aromatic N) is 1. The number of hydrogen-bond acceptors (Lipinski definition) is 0. The number of hydrogen-bond donors (Lipinski definition) is 0. The van der Waals surface area contributed by atoms with E-state index in [-0.39, 0.29) is 0 Å². The smallest absolute Gasteiger partial charge is 0.0518 e. The lowest BCUT2D eigenvalue weighted by Gasteiger charge is -2.16. The highest BCUT2D eigenvalue weighted by Crippen LogP contribution is 2.43. The van der Waals surface area contributed by atoms with Crippen molar-refractivity contribution in [2.75, 3.05) is 0 Å². The van der Waals surface area contributed by atoms with Crippen molar-refractivity contribution in [3.8, 4) is 0 Å². The lowest BCUT2D eigenvalue weighted by Crippen LogP contribution is -2.00. The van der Waals surface area contributed by atoms with Gasteiger partial charge in [0.2, 0.25) is 0 Å². The molecule has 0 spiro atoms. The molecule has 1 aromatic carbocycles. The van der Waals surface area contributed by atoms with E-state index in [1.807, 2.05) is 0 Å². The van der Waals surface area contributed by atoms with Crippen LogP contribution in [0, 0.1) is 0 Å². The van der Waals surface area contributed by atoms with Gasteiger partial charge in [-0.25, -0.2) is 0 Å². The molecular weight excluding hydrogens is 254 g/mol. The summed E-state index contributed by atoms with van der Waals surface area (Å²) in [4.78, 5) is 0. The van der Waals surface area contributed by atoms with E-state index in [0.717, 1.165) is 5.92 Å². The molecule has 3 rings (SSSR count). The molecule has 0 bridgehead atoms. The van der Waals surface area contributed by atoms with E-state index in [1.165, 1.54) is 48.7 Å². The second-order valence-electron chi connectivity index (χ2n) is 7.04. The molecule has 2 aromatic rings. The van der Waals surface area contributed by atoms with Crippen LogP contribution in [0.15, 0.2) is 12.1 Å². The van der Waals surface area contributed by atoms with Crippen LogP contribution in [-0.4, -0.2) is 4.57 Å². The highest BCUT2D eigenvalue weighted by atomic mass is 14.9. The fraction of sp³-hybridized carbons (Fsp3) is 0.600. The fourth-order valence-corrected chi connectivity index (χ4v) is 4.21. The van der Waals surface area contributed by atoms with Crippen LogP contribution in [0.3, 0.4) is 0 Å². The van der Waals surface area contributed by atoms with Crippen molar-refractivity contribution >= 4 is 10.9 Å². The zero-order valence-electron chi connectivity index (χ0n) is 14.3. The molecule has 0 fully saturated rings. The van der Waals surface area contributed by atoms with Gasteiger partial charge in [0.15, 0.2) is 0 Å². The molecule has 114 valence electrons. The molecule has 0 radical (unpaired) electrons. The summed E-state index contributed by atoms with van der Waals surface area (Å²) >= 11 is 0. The molecule has 0 amide bonds. The molecule has 0 saturated heterocycles. The number of aromatic nitrogens is 1. The number of fused-ring (bicyclic) bond motifs is 3. The first-order valence-corrected chi connectivity index (χ1v) is 8.72. The van der Waals surface area contributed by atoms with Crippen LogP contribution in [0.5, 0.6) is 0 Å². The maximum atomic E-state index is 2.54. The number of benzene rings is 1. The van der Waals surface area contributed by atoms with E-state index < -0.39 is 0 Å². The summed E-state index contributed by atoms with van der Waals surface area (Å²) in [6, 6.07) is 5.01. The molecule has 0 aliphatic heterocycles. The van der Waals surface area contributed by atoms with Gasteiger partial charge >= 0.3 is 0 Å². The van der Waals surface area contributed by atoms with E-state index in [9.17, 15) is 0 Å². The Morgan fingerprint density at radius 3 is 2.62 bits per heavy atom. The quantitative estimate of drug-likeness (QED) is 0.679. The van der Waals surface area contributed by atoms with Crippen molar-refractivity contribution in [3.05, 3.63) is 34.5 Å². The van der Waals surface area contributed by atoms with E-state index in [2.05, 4.69) is 51.4 Å². The zero-order valence-corrected chi connectivity index (χ0v) is 14.3. The van der Waals surface area contributed by atoms with Crippen LogP contribution >= 0.6 is 0 Å². The summed E-state index contributed by atoms with van der Waals surface area (Å²) in [6.45, 7) is 9.29. The largest absolute Gasteiger partial charge is 0.347 e. The summed E-state index contributed by atoms with van der Waals surface area (Å²) in [7, 11) is 2.27. The average molecular weight is 283 g/mol. The molecule has 1 heterocycles. The Labute approximate surface area is 129 Å². The SMILES string of the molecule is CCCc1cc2c(C(C)C)cc3c(c2n1C)CCC3CC. The predicted octanol–water partition coefficient (Wildman–Crippen LogP) is 5.69. The van der Waals surface area contributed by atoms with E-state index >= 15 is 0 Å². The van der Waals surface area contributed by atoms with E-state index in [0.29, 0.717) is 5.92 Å². The molecule has 1 aliphatic carbocycles. The highest BCUT2D eigenvalue weighted by molar-refractivity contribution is 5.90. The minimum atomic E-state index is 0.604. The first kappa shape index (κ1) is 14.7. The Kier molecular flexibility index (Phi) is 3.86. The topological polar surface area (TPSA) is 4.93 Å². The van der Waals surface area contributed by atoms with Crippen molar-refractivity contribution in [2.45, 2.75) is 71.6 Å². The van der Waals surface area contributed by atoms with Crippen molar-refractivity contribution in [2.24, 2.45) is 7.05 Å². The molecule has 1 unspecified atom stereocenters. The molecule has 1 aliphatic rings. The van der Waals surface area contributed by atoms with Gasteiger partial charge in [0, 0.05) is 18.1 Å². The molecule has 21 heavy (non-hydrogen) atoms. The summed E-state index contributed by atoms with van der Waals surface area (Å²) in [5, 5.41) is 1.52. The van der Waals surface area contributed by atoms with Gasteiger partial charge in [-0.15, -0.1) is 0 Å². The molecule has 1 heteroatoms. The standard InChI is InChI=1S/C20H29N/c1-6-8-15-11-19-17(13(3)4)12-18-14(7-2)9-10-16(18)20(19)21(15)5/h11-14H,6-10H2,1-5H3. The molecule has 1 atom stereocenters. The van der Waals surface area contributed by atoms with Gasteiger partial charge in [-0.05, 0) is 60.3 Å². The maximum absolute atomic E-state index is 2.54. The molecule has 0 saturated carbocycles. The third-order valence-electron chi connectivity index (χ3n) is 5.39. The van der Waals surface area contributed by atoms with Gasteiger partial charge in [0.1, 0.15) is 0 Å². The molecule has 1 aromatic heterocycles. The normalized spacial score (nSPS) is 17.9. The van der Waals surface area contributed by atoms with Crippen LogP contribution in [-0.2, 0) is 19.9 Å². The van der Waals surface area contributed by atoms with Crippen molar-refractivity contribution in [1.29, 1.82) is 0 Å². The average Bonchev–Trinajstić information content (AvgIpc) is 3.00. The van der Waals surface area contributed by atoms with Crippen LogP contribution < -0.4 is 0 Å². The van der Waals surface area contributed by atoms with Gasteiger partial charge in [0.25, 0.3) is 0 Å². The van der Waals surface area contributed by atoms with Crippen molar-refractivity contribution < 1.29 is 0 Å². The van der Waals surface area contributed by atoms with Gasteiger partial charge < -0.3 is 4.57 Å². The van der Waals surface area contributed by atoms with Crippen LogP contribution in [0.4, 0.5) is 0 Å².